The molecule has 19 heavy (non-hydrogen) atoms. The predicted octanol–water partition coefficient (Wildman–Crippen LogP) is 3.41. The van der Waals surface area contributed by atoms with E-state index < -0.39 is 17.0 Å². The van der Waals surface area contributed by atoms with Gasteiger partial charge in [-0.3, -0.25) is 4.40 Å². The summed E-state index contributed by atoms with van der Waals surface area (Å²) in [4.78, 5) is 0. The Balaban J connectivity index is 2.57. The van der Waals surface area contributed by atoms with E-state index in [1.165, 1.54) is 0 Å². The molecule has 0 amide bonds. The van der Waals surface area contributed by atoms with Gasteiger partial charge in [0.1, 0.15) is 0 Å². The van der Waals surface area contributed by atoms with Crippen LogP contribution in [0.3, 0.4) is 0 Å². The first-order valence-corrected chi connectivity index (χ1v) is 6.26. The minimum atomic E-state index is -4.51. The summed E-state index contributed by atoms with van der Waals surface area (Å²) < 4.78 is 39.2. The molecule has 2 aromatic heterocycles. The summed E-state index contributed by atoms with van der Waals surface area (Å²) in [6, 6.07) is 2.75. The Bertz CT molecular complexity index is 661. The van der Waals surface area contributed by atoms with E-state index in [-0.39, 0.29) is 15.8 Å². The summed E-state index contributed by atoms with van der Waals surface area (Å²) in [6.07, 6.45) is -3.64. The molecule has 0 saturated carbocycles. The molecule has 0 aliphatic carbocycles. The monoisotopic (exact) mass is 306 g/mol. The molecule has 2 aromatic rings. The fourth-order valence-corrected chi connectivity index (χ4v) is 2.31. The fourth-order valence-electron chi connectivity index (χ4n) is 1.35. The maximum Gasteiger partial charge on any atom is 0.417 e. The van der Waals surface area contributed by atoms with Crippen LogP contribution in [0.5, 0.6) is 0 Å². The van der Waals surface area contributed by atoms with Gasteiger partial charge in [0.25, 0.3) is 0 Å². The van der Waals surface area contributed by atoms with Crippen LogP contribution in [0.2, 0.25) is 5.02 Å². The SMILES string of the molecule is C[C@H](C#N)Sc1nnc2c(Cl)cc(C(F)(F)F)cn12. The van der Waals surface area contributed by atoms with Crippen molar-refractivity contribution in [1.82, 2.24) is 14.6 Å². The van der Waals surface area contributed by atoms with Crippen molar-refractivity contribution < 1.29 is 13.2 Å². The van der Waals surface area contributed by atoms with Crippen molar-refractivity contribution in [3.8, 4) is 6.07 Å². The lowest BCUT2D eigenvalue weighted by molar-refractivity contribution is -0.137. The van der Waals surface area contributed by atoms with Gasteiger partial charge in [-0.15, -0.1) is 10.2 Å². The Morgan fingerprint density at radius 2 is 2.16 bits per heavy atom. The van der Waals surface area contributed by atoms with Crippen LogP contribution in [-0.2, 0) is 6.18 Å². The molecule has 2 heterocycles. The second kappa shape index (κ2) is 4.90. The lowest BCUT2D eigenvalue weighted by atomic mass is 10.3. The number of hydrogen-bond donors (Lipinski definition) is 0. The Hall–Kier alpha value is -1.46. The van der Waals surface area contributed by atoms with E-state index in [9.17, 15) is 13.2 Å². The van der Waals surface area contributed by atoms with Crippen LogP contribution in [-0.4, -0.2) is 19.8 Å². The zero-order valence-electron chi connectivity index (χ0n) is 9.44. The number of alkyl halides is 3. The molecule has 0 aromatic carbocycles. The molecule has 0 unspecified atom stereocenters. The van der Waals surface area contributed by atoms with Crippen LogP contribution in [0.15, 0.2) is 17.4 Å². The van der Waals surface area contributed by atoms with Crippen molar-refractivity contribution in [3.63, 3.8) is 0 Å². The zero-order chi connectivity index (χ0) is 14.2. The third kappa shape index (κ3) is 2.77. The Morgan fingerprint density at radius 3 is 2.74 bits per heavy atom. The maximum absolute atomic E-state index is 12.7. The van der Waals surface area contributed by atoms with Crippen LogP contribution in [0.25, 0.3) is 5.65 Å². The first-order chi connectivity index (χ1) is 8.82. The van der Waals surface area contributed by atoms with Crippen LogP contribution in [0.1, 0.15) is 12.5 Å². The maximum atomic E-state index is 12.7. The van der Waals surface area contributed by atoms with Gasteiger partial charge in [-0.1, -0.05) is 23.4 Å². The molecule has 0 radical (unpaired) electrons. The van der Waals surface area contributed by atoms with E-state index in [0.29, 0.717) is 0 Å². The van der Waals surface area contributed by atoms with Crippen molar-refractivity contribution in [1.29, 1.82) is 5.26 Å². The summed E-state index contributed by atoms with van der Waals surface area (Å²) in [6.45, 7) is 1.61. The van der Waals surface area contributed by atoms with Crippen LogP contribution in [0, 0.1) is 11.3 Å². The van der Waals surface area contributed by atoms with Crippen LogP contribution >= 0.6 is 23.4 Å². The van der Waals surface area contributed by atoms with E-state index in [0.717, 1.165) is 28.4 Å². The molecule has 1 atom stereocenters. The molecular formula is C10H6ClF3N4S. The van der Waals surface area contributed by atoms with Gasteiger partial charge in [-0.05, 0) is 13.0 Å². The predicted molar refractivity (Wildman–Crippen MR) is 63.9 cm³/mol. The molecule has 0 aliphatic rings. The Morgan fingerprint density at radius 1 is 1.47 bits per heavy atom. The van der Waals surface area contributed by atoms with Crippen molar-refractivity contribution in [2.75, 3.05) is 0 Å². The number of thioether (sulfide) groups is 1. The largest absolute Gasteiger partial charge is 0.417 e. The highest BCUT2D eigenvalue weighted by molar-refractivity contribution is 8.00. The molecule has 0 spiro atoms. The number of nitriles is 1. The molecule has 9 heteroatoms. The van der Waals surface area contributed by atoms with E-state index in [4.69, 9.17) is 16.9 Å². The molecule has 0 N–H and O–H groups in total. The van der Waals surface area contributed by atoms with Crippen molar-refractivity contribution in [2.24, 2.45) is 0 Å². The van der Waals surface area contributed by atoms with E-state index in [1.807, 2.05) is 6.07 Å². The highest BCUT2D eigenvalue weighted by Crippen LogP contribution is 2.33. The second-order valence-electron chi connectivity index (χ2n) is 3.64. The van der Waals surface area contributed by atoms with E-state index in [1.54, 1.807) is 6.92 Å². The summed E-state index contributed by atoms with van der Waals surface area (Å²) >= 11 is 6.76. The number of pyridine rings is 1. The first kappa shape index (κ1) is 14.0. The average molecular weight is 307 g/mol. The minimum absolute atomic E-state index is 0.127. The number of halogens is 4. The summed E-state index contributed by atoms with van der Waals surface area (Å²) in [5, 5.41) is 15.8. The van der Waals surface area contributed by atoms with Gasteiger partial charge in [0, 0.05) is 6.20 Å². The van der Waals surface area contributed by atoms with Gasteiger partial charge in [-0.2, -0.15) is 18.4 Å². The van der Waals surface area contributed by atoms with Gasteiger partial charge < -0.3 is 0 Å². The number of aromatic nitrogens is 3. The van der Waals surface area contributed by atoms with Crippen molar-refractivity contribution in [3.05, 3.63) is 22.8 Å². The third-order valence-electron chi connectivity index (χ3n) is 2.22. The molecule has 0 saturated heterocycles. The smallest absolute Gasteiger partial charge is 0.276 e. The topological polar surface area (TPSA) is 54.0 Å². The summed E-state index contributed by atoms with van der Waals surface area (Å²) in [5.74, 6) is 0. The average Bonchev–Trinajstić information content (AvgIpc) is 2.72. The number of rotatable bonds is 2. The van der Waals surface area contributed by atoms with Crippen LogP contribution in [0.4, 0.5) is 13.2 Å². The zero-order valence-corrected chi connectivity index (χ0v) is 11.0. The Labute approximate surface area is 115 Å². The third-order valence-corrected chi connectivity index (χ3v) is 3.45. The van der Waals surface area contributed by atoms with Gasteiger partial charge in [-0.25, -0.2) is 0 Å². The lowest BCUT2D eigenvalue weighted by Crippen LogP contribution is -2.07. The summed E-state index contributed by atoms with van der Waals surface area (Å²) in [7, 11) is 0. The first-order valence-electron chi connectivity index (χ1n) is 5.00. The van der Waals surface area contributed by atoms with Crippen LogP contribution < -0.4 is 0 Å². The highest BCUT2D eigenvalue weighted by Gasteiger charge is 2.32. The fraction of sp³-hybridized carbons (Fsp3) is 0.300. The van der Waals surface area contributed by atoms with Gasteiger partial charge >= 0.3 is 6.18 Å². The molecule has 0 aliphatic heterocycles. The van der Waals surface area contributed by atoms with Gasteiger partial charge in [0.2, 0.25) is 0 Å². The molecular weight excluding hydrogens is 301 g/mol. The van der Waals surface area contributed by atoms with E-state index >= 15 is 0 Å². The second-order valence-corrected chi connectivity index (χ2v) is 5.35. The highest BCUT2D eigenvalue weighted by atomic mass is 35.5. The number of nitrogens with zero attached hydrogens (tertiary/aromatic N) is 4. The number of hydrogen-bond acceptors (Lipinski definition) is 4. The Kier molecular flexibility index (Phi) is 3.60. The van der Waals surface area contributed by atoms with Crippen molar-refractivity contribution in [2.45, 2.75) is 23.5 Å². The summed E-state index contributed by atoms with van der Waals surface area (Å²) in [5.41, 5.74) is -0.765. The van der Waals surface area contributed by atoms with Gasteiger partial charge in [0.05, 0.1) is 21.9 Å². The standard InChI is InChI=1S/C10H6ClF3N4S/c1-5(3-15)19-9-17-16-8-7(11)2-6(4-18(8)9)10(12,13)14/h2,4-5H,1H3/t5-/m1/s1. The molecule has 2 rings (SSSR count). The molecule has 100 valence electrons. The van der Waals surface area contributed by atoms with Gasteiger partial charge in [0.15, 0.2) is 10.8 Å². The minimum Gasteiger partial charge on any atom is -0.276 e. The number of fused-ring (bicyclic) bond motifs is 1. The quantitative estimate of drug-likeness (QED) is 0.798. The molecule has 4 nitrogen and oxygen atoms in total. The molecule has 0 fully saturated rings. The molecule has 0 bridgehead atoms. The lowest BCUT2D eigenvalue weighted by Gasteiger charge is -2.08. The van der Waals surface area contributed by atoms with Crippen molar-refractivity contribution >= 4 is 29.0 Å². The van der Waals surface area contributed by atoms with E-state index in [2.05, 4.69) is 10.2 Å². The normalized spacial score (nSPS) is 13.5.